The Bertz CT molecular complexity index is 399. The van der Waals surface area contributed by atoms with Gasteiger partial charge in [-0.3, -0.25) is 0 Å². The van der Waals surface area contributed by atoms with Crippen LogP contribution in [-0.2, 0) is 6.42 Å². The van der Waals surface area contributed by atoms with E-state index in [1.165, 1.54) is 5.56 Å². The molecule has 1 aromatic carbocycles. The molecular formula is C12H15NO2. The van der Waals surface area contributed by atoms with Crippen molar-refractivity contribution in [2.24, 2.45) is 11.1 Å². The average Bonchev–Trinajstić information content (AvgIpc) is 2.65. The monoisotopic (exact) mass is 205 g/mol. The smallest absolute Gasteiger partial charge is 0.119 e. The molecule has 1 N–H and O–H groups in total. The molecule has 0 aromatic heterocycles. The summed E-state index contributed by atoms with van der Waals surface area (Å²) in [7, 11) is 1.64. The number of ether oxygens (including phenoxy) is 1. The van der Waals surface area contributed by atoms with Crippen LogP contribution in [0.2, 0.25) is 0 Å². The molecule has 0 saturated heterocycles. The summed E-state index contributed by atoms with van der Waals surface area (Å²) in [6.07, 6.45) is 1.96. The van der Waals surface area contributed by atoms with E-state index in [9.17, 15) is 0 Å². The van der Waals surface area contributed by atoms with Gasteiger partial charge in [-0.05, 0) is 30.5 Å². The fraction of sp³-hybridized carbons (Fsp3) is 0.417. The van der Waals surface area contributed by atoms with Crippen molar-refractivity contribution in [2.75, 3.05) is 7.11 Å². The van der Waals surface area contributed by atoms with E-state index >= 15 is 0 Å². The second-order valence-corrected chi connectivity index (χ2v) is 3.82. The molecule has 1 aliphatic carbocycles. The van der Waals surface area contributed by atoms with E-state index in [1.807, 2.05) is 12.1 Å². The molecule has 1 unspecified atom stereocenters. The van der Waals surface area contributed by atoms with Crippen molar-refractivity contribution >= 4 is 5.71 Å². The van der Waals surface area contributed by atoms with Crippen LogP contribution in [0.15, 0.2) is 23.4 Å². The summed E-state index contributed by atoms with van der Waals surface area (Å²) in [6.45, 7) is 2.11. The lowest BCUT2D eigenvalue weighted by atomic mass is 10.0. The number of rotatable bonds is 2. The largest absolute Gasteiger partial charge is 0.497 e. The minimum Gasteiger partial charge on any atom is -0.497 e. The number of nitrogens with zero attached hydrogens (tertiary/aromatic N) is 1. The highest BCUT2D eigenvalue weighted by atomic mass is 16.5. The van der Waals surface area contributed by atoms with E-state index in [-0.39, 0.29) is 0 Å². The van der Waals surface area contributed by atoms with Gasteiger partial charge in [-0.15, -0.1) is 0 Å². The molecule has 2 rings (SSSR count). The number of benzene rings is 1. The summed E-state index contributed by atoms with van der Waals surface area (Å²) < 4.78 is 5.16. The molecular weight excluding hydrogens is 190 g/mol. The first-order valence-electron chi connectivity index (χ1n) is 5.19. The van der Waals surface area contributed by atoms with Crippen LogP contribution in [0, 0.1) is 5.92 Å². The van der Waals surface area contributed by atoms with Crippen LogP contribution >= 0.6 is 0 Å². The predicted octanol–water partition coefficient (Wildman–Crippen LogP) is 2.46. The summed E-state index contributed by atoms with van der Waals surface area (Å²) in [5.74, 6) is 1.16. The standard InChI is InChI=1S/C12H15NO2/c1-3-8-6-9-4-5-10(15-2)7-11(9)12(8)13-14/h4-5,7-8,14H,3,6H2,1-2H3/b13-12+. The van der Waals surface area contributed by atoms with Gasteiger partial charge in [0, 0.05) is 11.5 Å². The van der Waals surface area contributed by atoms with Gasteiger partial charge >= 0.3 is 0 Å². The molecule has 0 fully saturated rings. The molecule has 1 aromatic rings. The predicted molar refractivity (Wildman–Crippen MR) is 58.8 cm³/mol. The fourth-order valence-electron chi connectivity index (χ4n) is 2.15. The summed E-state index contributed by atoms with van der Waals surface area (Å²) in [5, 5.41) is 12.4. The second-order valence-electron chi connectivity index (χ2n) is 3.82. The van der Waals surface area contributed by atoms with Gasteiger partial charge in [-0.1, -0.05) is 18.1 Å². The van der Waals surface area contributed by atoms with Crippen LogP contribution < -0.4 is 4.74 Å². The van der Waals surface area contributed by atoms with E-state index in [0.717, 1.165) is 29.9 Å². The zero-order valence-corrected chi connectivity index (χ0v) is 9.03. The van der Waals surface area contributed by atoms with Crippen LogP contribution in [0.25, 0.3) is 0 Å². The lowest BCUT2D eigenvalue weighted by Gasteiger charge is -2.05. The van der Waals surface area contributed by atoms with Crippen molar-refractivity contribution < 1.29 is 9.94 Å². The Kier molecular flexibility index (Phi) is 2.62. The zero-order valence-electron chi connectivity index (χ0n) is 9.03. The van der Waals surface area contributed by atoms with Gasteiger partial charge in [0.1, 0.15) is 5.75 Å². The molecule has 0 amide bonds. The maximum Gasteiger partial charge on any atom is 0.119 e. The molecule has 0 heterocycles. The molecule has 15 heavy (non-hydrogen) atoms. The van der Waals surface area contributed by atoms with Gasteiger partial charge < -0.3 is 9.94 Å². The second kappa shape index (κ2) is 3.93. The number of hydrogen-bond acceptors (Lipinski definition) is 3. The Morgan fingerprint density at radius 2 is 2.33 bits per heavy atom. The quantitative estimate of drug-likeness (QED) is 0.595. The van der Waals surface area contributed by atoms with E-state index in [1.54, 1.807) is 7.11 Å². The molecule has 0 aliphatic heterocycles. The van der Waals surface area contributed by atoms with E-state index < -0.39 is 0 Å². The Morgan fingerprint density at radius 1 is 1.53 bits per heavy atom. The summed E-state index contributed by atoms with van der Waals surface area (Å²) in [6, 6.07) is 5.95. The van der Waals surface area contributed by atoms with Gasteiger partial charge in [0.25, 0.3) is 0 Å². The first-order valence-corrected chi connectivity index (χ1v) is 5.19. The Labute approximate surface area is 89.4 Å². The van der Waals surface area contributed by atoms with Gasteiger partial charge in [-0.2, -0.15) is 0 Å². The molecule has 80 valence electrons. The van der Waals surface area contributed by atoms with Gasteiger partial charge in [0.05, 0.1) is 12.8 Å². The van der Waals surface area contributed by atoms with Crippen LogP contribution in [0.5, 0.6) is 5.75 Å². The third kappa shape index (κ3) is 1.58. The first kappa shape index (κ1) is 10.0. The molecule has 3 nitrogen and oxygen atoms in total. The summed E-state index contributed by atoms with van der Waals surface area (Å²) >= 11 is 0. The van der Waals surface area contributed by atoms with Crippen molar-refractivity contribution in [3.8, 4) is 5.75 Å². The Hall–Kier alpha value is -1.51. The molecule has 0 spiro atoms. The van der Waals surface area contributed by atoms with Gasteiger partial charge in [0.2, 0.25) is 0 Å². The minimum absolute atomic E-state index is 0.345. The SMILES string of the molecule is CCC1Cc2ccc(OC)cc2/C1=N/O. The van der Waals surface area contributed by atoms with Gasteiger partial charge in [-0.25, -0.2) is 0 Å². The van der Waals surface area contributed by atoms with Crippen LogP contribution in [0.3, 0.4) is 0 Å². The molecule has 1 atom stereocenters. The average molecular weight is 205 g/mol. The van der Waals surface area contributed by atoms with E-state index in [2.05, 4.69) is 18.1 Å². The topological polar surface area (TPSA) is 41.8 Å². The van der Waals surface area contributed by atoms with Crippen LogP contribution in [0.4, 0.5) is 0 Å². The summed E-state index contributed by atoms with van der Waals surface area (Å²) in [4.78, 5) is 0. The third-order valence-corrected chi connectivity index (χ3v) is 3.05. The number of methoxy groups -OCH3 is 1. The zero-order chi connectivity index (χ0) is 10.8. The van der Waals surface area contributed by atoms with Crippen LogP contribution in [0.1, 0.15) is 24.5 Å². The maximum atomic E-state index is 9.03. The lowest BCUT2D eigenvalue weighted by Crippen LogP contribution is -2.08. The fourth-order valence-corrected chi connectivity index (χ4v) is 2.15. The third-order valence-electron chi connectivity index (χ3n) is 3.05. The molecule has 0 bridgehead atoms. The molecule has 3 heteroatoms. The number of hydrogen-bond donors (Lipinski definition) is 1. The highest BCUT2D eigenvalue weighted by Gasteiger charge is 2.27. The molecule has 0 radical (unpaired) electrons. The van der Waals surface area contributed by atoms with Crippen molar-refractivity contribution in [3.05, 3.63) is 29.3 Å². The van der Waals surface area contributed by atoms with Crippen molar-refractivity contribution in [3.63, 3.8) is 0 Å². The minimum atomic E-state index is 0.345. The Morgan fingerprint density at radius 3 is 2.93 bits per heavy atom. The van der Waals surface area contributed by atoms with Crippen molar-refractivity contribution in [1.82, 2.24) is 0 Å². The maximum absolute atomic E-state index is 9.03. The lowest BCUT2D eigenvalue weighted by molar-refractivity contribution is 0.315. The molecule has 1 aliphatic rings. The Balaban J connectivity index is 2.45. The number of fused-ring (bicyclic) bond motifs is 1. The van der Waals surface area contributed by atoms with Crippen LogP contribution in [-0.4, -0.2) is 18.0 Å². The summed E-state index contributed by atoms with van der Waals surface area (Å²) in [5.41, 5.74) is 3.07. The first-order chi connectivity index (χ1) is 7.30. The number of oxime groups is 1. The highest BCUT2D eigenvalue weighted by molar-refractivity contribution is 6.06. The normalized spacial score (nSPS) is 21.7. The van der Waals surface area contributed by atoms with Crippen molar-refractivity contribution in [1.29, 1.82) is 0 Å². The highest BCUT2D eigenvalue weighted by Crippen LogP contribution is 2.31. The van der Waals surface area contributed by atoms with E-state index in [0.29, 0.717) is 5.92 Å². The van der Waals surface area contributed by atoms with E-state index in [4.69, 9.17) is 9.94 Å². The van der Waals surface area contributed by atoms with Gasteiger partial charge in [0.15, 0.2) is 0 Å². The van der Waals surface area contributed by atoms with Crippen molar-refractivity contribution in [2.45, 2.75) is 19.8 Å². The molecule has 0 saturated carbocycles.